The maximum atomic E-state index is 14.8. The van der Waals surface area contributed by atoms with Gasteiger partial charge in [0.25, 0.3) is 0 Å². The number of halogens is 1. The number of aromatic nitrogens is 2. The van der Waals surface area contributed by atoms with Crippen LogP contribution in [0, 0.1) is 12.7 Å². The number of rotatable bonds is 6. The third kappa shape index (κ3) is 4.61. The van der Waals surface area contributed by atoms with Crippen LogP contribution in [0.1, 0.15) is 24.0 Å². The fraction of sp³-hybridized carbons (Fsp3) is 0.417. The van der Waals surface area contributed by atoms with E-state index in [0.717, 1.165) is 23.8 Å². The number of aryl methyl sites for hydroxylation is 1. The van der Waals surface area contributed by atoms with E-state index in [1.165, 1.54) is 6.07 Å². The topological polar surface area (TPSA) is 87.5 Å². The van der Waals surface area contributed by atoms with Gasteiger partial charge in [-0.3, -0.25) is 4.79 Å². The first-order chi connectivity index (χ1) is 15.3. The molecule has 1 unspecified atom stereocenters. The molecule has 1 aromatic carbocycles. The molecule has 0 spiro atoms. The Kier molecular flexibility index (Phi) is 6.43. The Hall–Kier alpha value is -2.97. The number of piperidine rings is 1. The van der Waals surface area contributed by atoms with Crippen molar-refractivity contribution in [3.8, 4) is 11.5 Å². The predicted molar refractivity (Wildman–Crippen MR) is 122 cm³/mol. The van der Waals surface area contributed by atoms with Crippen molar-refractivity contribution < 1.29 is 13.9 Å². The number of nitrogens with one attached hydrogen (secondary N) is 1. The number of H-pyrrole nitrogens is 1. The summed E-state index contributed by atoms with van der Waals surface area (Å²) in [4.78, 5) is 24.1. The molecule has 8 heteroatoms. The van der Waals surface area contributed by atoms with Crippen LogP contribution in [-0.2, 0) is 11.2 Å². The Morgan fingerprint density at radius 3 is 2.75 bits per heavy atom. The lowest BCUT2D eigenvalue weighted by atomic mass is 10.0. The summed E-state index contributed by atoms with van der Waals surface area (Å²) in [6.45, 7) is 3.35. The average Bonchev–Trinajstić information content (AvgIpc) is 3.17. The molecule has 0 bridgehead atoms. The third-order valence-electron chi connectivity index (χ3n) is 6.23. The molecule has 0 radical (unpaired) electrons. The zero-order chi connectivity index (χ0) is 22.8. The van der Waals surface area contributed by atoms with Crippen molar-refractivity contribution in [2.45, 2.75) is 38.3 Å². The highest BCUT2D eigenvalue weighted by atomic mass is 19.1. The highest BCUT2D eigenvalue weighted by Crippen LogP contribution is 2.32. The first-order valence-electron chi connectivity index (χ1n) is 10.9. The van der Waals surface area contributed by atoms with Crippen molar-refractivity contribution in [3.63, 3.8) is 0 Å². The quantitative estimate of drug-likeness (QED) is 0.616. The van der Waals surface area contributed by atoms with E-state index in [2.05, 4.69) is 29.0 Å². The van der Waals surface area contributed by atoms with Crippen LogP contribution in [0.2, 0.25) is 0 Å². The van der Waals surface area contributed by atoms with E-state index in [1.807, 2.05) is 18.0 Å². The Balaban J connectivity index is 1.41. The van der Waals surface area contributed by atoms with Crippen molar-refractivity contribution in [2.24, 2.45) is 5.73 Å². The van der Waals surface area contributed by atoms with Crippen LogP contribution in [0.15, 0.2) is 36.7 Å². The number of benzene rings is 1. The fourth-order valence-corrected chi connectivity index (χ4v) is 4.32. The highest BCUT2D eigenvalue weighted by molar-refractivity contribution is 5.86. The molecule has 1 saturated heterocycles. The number of hydrogen-bond donors (Lipinski definition) is 2. The van der Waals surface area contributed by atoms with E-state index in [9.17, 15) is 9.18 Å². The molecule has 2 aromatic heterocycles. The average molecular weight is 440 g/mol. The number of aromatic amines is 1. The largest absolute Gasteiger partial charge is 0.453 e. The van der Waals surface area contributed by atoms with Gasteiger partial charge in [-0.2, -0.15) is 0 Å². The summed E-state index contributed by atoms with van der Waals surface area (Å²) in [5, 5.41) is 0.821. The number of ether oxygens (including phenoxy) is 1. The molecule has 3 heterocycles. The van der Waals surface area contributed by atoms with E-state index in [1.54, 1.807) is 24.4 Å². The van der Waals surface area contributed by atoms with Crippen LogP contribution in [-0.4, -0.2) is 64.9 Å². The third-order valence-corrected chi connectivity index (χ3v) is 6.23. The zero-order valence-corrected chi connectivity index (χ0v) is 18.8. The first-order valence-corrected chi connectivity index (χ1v) is 10.9. The van der Waals surface area contributed by atoms with Crippen molar-refractivity contribution >= 4 is 16.9 Å². The van der Waals surface area contributed by atoms with E-state index in [-0.39, 0.29) is 18.1 Å². The Labute approximate surface area is 187 Å². The second-order valence-electron chi connectivity index (χ2n) is 8.70. The van der Waals surface area contributed by atoms with Gasteiger partial charge in [0.15, 0.2) is 11.6 Å². The maximum absolute atomic E-state index is 14.8. The molecule has 7 nitrogen and oxygen atoms in total. The van der Waals surface area contributed by atoms with Crippen molar-refractivity contribution in [1.82, 2.24) is 19.8 Å². The lowest BCUT2D eigenvalue weighted by Gasteiger charge is -2.36. The van der Waals surface area contributed by atoms with E-state index < -0.39 is 11.9 Å². The summed E-state index contributed by atoms with van der Waals surface area (Å²) in [7, 11) is 4.12. The van der Waals surface area contributed by atoms with E-state index in [0.29, 0.717) is 36.1 Å². The van der Waals surface area contributed by atoms with Gasteiger partial charge in [-0.15, -0.1) is 0 Å². The molecular weight excluding hydrogens is 409 g/mol. The lowest BCUT2D eigenvalue weighted by molar-refractivity contribution is -0.134. The zero-order valence-electron chi connectivity index (χ0n) is 18.8. The minimum Gasteiger partial charge on any atom is -0.453 e. The molecule has 170 valence electrons. The number of likely N-dealkylation sites (tertiary alicyclic amines) is 1. The number of hydrogen-bond acceptors (Lipinski definition) is 5. The van der Waals surface area contributed by atoms with Crippen molar-refractivity contribution in [3.05, 3.63) is 53.6 Å². The molecule has 4 rings (SSSR count). The highest BCUT2D eigenvalue weighted by Gasteiger charge is 2.27. The Bertz CT molecular complexity index is 1100. The van der Waals surface area contributed by atoms with Gasteiger partial charge in [0.05, 0.1) is 11.4 Å². The molecule has 0 aliphatic carbocycles. The van der Waals surface area contributed by atoms with Gasteiger partial charge >= 0.3 is 0 Å². The predicted octanol–water partition coefficient (Wildman–Crippen LogP) is 3.23. The second-order valence-corrected chi connectivity index (χ2v) is 8.70. The molecule has 1 amide bonds. The number of amides is 1. The van der Waals surface area contributed by atoms with Gasteiger partial charge in [0.1, 0.15) is 11.4 Å². The summed E-state index contributed by atoms with van der Waals surface area (Å²) < 4.78 is 20.6. The van der Waals surface area contributed by atoms with Gasteiger partial charge < -0.3 is 25.3 Å². The van der Waals surface area contributed by atoms with Gasteiger partial charge in [-0.05, 0) is 69.6 Å². The normalized spacial score (nSPS) is 16.0. The van der Waals surface area contributed by atoms with Gasteiger partial charge in [0.2, 0.25) is 5.91 Å². The Morgan fingerprint density at radius 2 is 2.06 bits per heavy atom. The molecule has 0 saturated carbocycles. The van der Waals surface area contributed by atoms with Crippen LogP contribution in [0.4, 0.5) is 4.39 Å². The van der Waals surface area contributed by atoms with Crippen LogP contribution in [0.5, 0.6) is 11.5 Å². The summed E-state index contributed by atoms with van der Waals surface area (Å²) in [5.41, 5.74) is 8.51. The number of carbonyl (C=O) groups excluding carboxylic acids is 1. The molecule has 1 atom stereocenters. The SMILES string of the molecule is Cc1c[nH]c2nccc(Oc3ccc(CC(N)C(=O)N4CCC(N(C)C)CC4)cc3F)c12. The molecule has 3 aromatic rings. The van der Waals surface area contributed by atoms with Gasteiger partial charge in [-0.1, -0.05) is 6.07 Å². The van der Waals surface area contributed by atoms with Gasteiger partial charge in [-0.25, -0.2) is 9.37 Å². The molecule has 1 aliphatic heterocycles. The molecule has 3 N–H and O–H groups in total. The minimum absolute atomic E-state index is 0.0787. The Morgan fingerprint density at radius 1 is 1.31 bits per heavy atom. The van der Waals surface area contributed by atoms with Crippen LogP contribution in [0.3, 0.4) is 0 Å². The first kappa shape index (κ1) is 22.2. The van der Waals surface area contributed by atoms with Crippen LogP contribution < -0.4 is 10.5 Å². The number of carbonyl (C=O) groups is 1. The van der Waals surface area contributed by atoms with Gasteiger partial charge in [0, 0.05) is 31.5 Å². The second kappa shape index (κ2) is 9.26. The molecule has 32 heavy (non-hydrogen) atoms. The number of fused-ring (bicyclic) bond motifs is 1. The summed E-state index contributed by atoms with van der Waals surface area (Å²) >= 11 is 0. The molecule has 1 aliphatic rings. The smallest absolute Gasteiger partial charge is 0.239 e. The lowest BCUT2D eigenvalue weighted by Crippen LogP contribution is -2.50. The minimum atomic E-state index is -0.695. The number of pyridine rings is 1. The summed E-state index contributed by atoms with van der Waals surface area (Å²) in [5.74, 6) is 0.0815. The number of nitrogens with two attached hydrogens (primary N) is 1. The van der Waals surface area contributed by atoms with Crippen molar-refractivity contribution in [1.29, 1.82) is 0 Å². The van der Waals surface area contributed by atoms with Crippen molar-refractivity contribution in [2.75, 3.05) is 27.2 Å². The van der Waals surface area contributed by atoms with Crippen LogP contribution in [0.25, 0.3) is 11.0 Å². The molecular formula is C24H30FN5O2. The maximum Gasteiger partial charge on any atom is 0.239 e. The monoisotopic (exact) mass is 439 g/mol. The molecule has 1 fully saturated rings. The fourth-order valence-electron chi connectivity index (χ4n) is 4.32. The van der Waals surface area contributed by atoms with E-state index in [4.69, 9.17) is 10.5 Å². The standard InChI is InChI=1S/C24H30FN5O2/c1-15-14-28-23-22(15)21(6-9-27-23)32-20-5-4-16(12-18(20)25)13-19(26)24(31)30-10-7-17(8-11-30)29(2)3/h4-6,9,12,14,17,19H,7-8,10-11,13,26H2,1-3H3,(H,27,28). The summed E-state index contributed by atoms with van der Waals surface area (Å²) in [6, 6.07) is 6.24. The number of nitrogens with zero attached hydrogens (tertiary/aromatic N) is 3. The van der Waals surface area contributed by atoms with Crippen LogP contribution >= 0.6 is 0 Å². The summed E-state index contributed by atoms with van der Waals surface area (Å²) in [6.07, 6.45) is 5.61. The van der Waals surface area contributed by atoms with E-state index >= 15 is 0 Å².